The lowest BCUT2D eigenvalue weighted by Crippen LogP contribution is -2.33. The number of carbonyl (C=O) groups excluding carboxylic acids is 6. The molecule has 2 N–H and O–H groups in total. The Balaban J connectivity index is 0.000000232. The molecule has 0 aliphatic carbocycles. The first-order chi connectivity index (χ1) is 30.5. The number of aromatic nitrogens is 2. The molecule has 6 rings (SSSR count). The van der Waals surface area contributed by atoms with Crippen molar-refractivity contribution in [3.05, 3.63) is 133 Å². The molecule has 0 spiro atoms. The largest absolute Gasteiger partial charge is 0.355 e. The van der Waals surface area contributed by atoms with Crippen LogP contribution in [0.15, 0.2) is 132 Å². The number of nitrogens with one attached hydrogen (secondary N) is 2. The zero-order chi connectivity index (χ0) is 47.0. The normalized spacial score (nSPS) is 12.9. The van der Waals surface area contributed by atoms with E-state index in [2.05, 4.69) is 74.3 Å². The number of amides is 6. The highest BCUT2D eigenvalue weighted by Crippen LogP contribution is 2.30. The summed E-state index contributed by atoms with van der Waals surface area (Å²) >= 11 is 0. The summed E-state index contributed by atoms with van der Waals surface area (Å²) in [5.41, 5.74) is 3.93. The van der Waals surface area contributed by atoms with Gasteiger partial charge in [-0.25, -0.2) is 14.9 Å². The number of imide groups is 2. The van der Waals surface area contributed by atoms with Crippen LogP contribution in [-0.4, -0.2) is 74.9 Å². The van der Waals surface area contributed by atoms with E-state index in [4.69, 9.17) is 0 Å². The van der Waals surface area contributed by atoms with Crippen molar-refractivity contribution >= 4 is 90.0 Å². The summed E-state index contributed by atoms with van der Waals surface area (Å²) in [7, 11) is 6.03. The third-order valence-corrected chi connectivity index (χ3v) is 12.8. The maximum atomic E-state index is 11.9. The van der Waals surface area contributed by atoms with Gasteiger partial charge in [-0.2, -0.15) is 0 Å². The number of nitrogens with zero attached hydrogens (tertiary/aromatic N) is 4. The van der Waals surface area contributed by atoms with Crippen LogP contribution in [0.5, 0.6) is 0 Å². The average Bonchev–Trinajstić information content (AvgIpc) is 3.78. The Morgan fingerprint density at radius 1 is 0.562 bits per heavy atom. The fourth-order valence-corrected chi connectivity index (χ4v) is 8.77. The minimum Gasteiger partial charge on any atom is -0.355 e. The number of hydrogen-bond donors (Lipinski definition) is 2. The molecule has 4 aromatic rings. The third-order valence-electron chi connectivity index (χ3n) is 8.59. The smallest absolute Gasteiger partial charge is 0.258 e. The van der Waals surface area contributed by atoms with Crippen molar-refractivity contribution in [1.29, 1.82) is 0 Å². The second-order valence-electron chi connectivity index (χ2n) is 15.7. The van der Waals surface area contributed by atoms with Gasteiger partial charge >= 0.3 is 0 Å². The summed E-state index contributed by atoms with van der Waals surface area (Å²) in [5.74, 6) is 1.79. The summed E-state index contributed by atoms with van der Waals surface area (Å²) in [6, 6.07) is 27.0. The van der Waals surface area contributed by atoms with E-state index in [0.717, 1.165) is 22.3 Å². The van der Waals surface area contributed by atoms with Crippen molar-refractivity contribution < 1.29 is 28.8 Å². The Morgan fingerprint density at radius 3 is 1.44 bits per heavy atom. The molecule has 4 heterocycles. The molecule has 64 heavy (non-hydrogen) atoms. The molecule has 0 unspecified atom stereocenters. The number of carbonyl (C=O) groups is 6. The predicted octanol–water partition coefficient (Wildman–Crippen LogP) is 9.98. The van der Waals surface area contributed by atoms with E-state index in [-0.39, 0.29) is 35.4 Å². The number of rotatable bonds is 16. The maximum absolute atomic E-state index is 11.9. The van der Waals surface area contributed by atoms with Gasteiger partial charge < -0.3 is 10.6 Å². The highest BCUT2D eigenvalue weighted by molar-refractivity contribution is 8.77. The topological polar surface area (TPSA) is 159 Å². The molecule has 0 bridgehead atoms. The fraction of sp³-hybridized carbons (Fsp3) is 0.333. The van der Waals surface area contributed by atoms with E-state index in [1.807, 2.05) is 74.5 Å². The lowest BCUT2D eigenvalue weighted by molar-refractivity contribution is -0.137. The van der Waals surface area contributed by atoms with E-state index >= 15 is 0 Å². The van der Waals surface area contributed by atoms with Gasteiger partial charge in [0, 0.05) is 55.5 Å². The molecule has 2 aromatic heterocycles. The van der Waals surface area contributed by atoms with Gasteiger partial charge in [-0.15, -0.1) is 0 Å². The number of hydrogen-bond acceptors (Lipinski definition) is 12. The van der Waals surface area contributed by atoms with Crippen LogP contribution in [0.2, 0.25) is 0 Å². The van der Waals surface area contributed by atoms with Gasteiger partial charge in [0.25, 0.3) is 23.6 Å². The van der Waals surface area contributed by atoms with Crippen LogP contribution >= 0.6 is 43.2 Å². The predicted molar refractivity (Wildman–Crippen MR) is 265 cm³/mol. The first-order valence-electron chi connectivity index (χ1n) is 20.8. The zero-order valence-corrected chi connectivity index (χ0v) is 40.8. The Morgan fingerprint density at radius 2 is 1.02 bits per heavy atom. The van der Waals surface area contributed by atoms with Crippen molar-refractivity contribution in [3.8, 4) is 0 Å². The van der Waals surface area contributed by atoms with Gasteiger partial charge in [0.15, 0.2) is 0 Å². The Hall–Kier alpha value is -5.16. The number of pyridine rings is 2. The Bertz CT molecular complexity index is 2130. The standard InChI is InChI=1S/C16H18N2OS2.C13H13NO2.C11H16N2OS2.C8H11NO2/c1-12(2)13-6-8-14(9-7-13)18-15(19)11-20-21-16-5-3-4-10-17-16;1-9(2)10-3-5-11(6-4-10)14-12(15)7-8-13(14)16;1-9(2)7-13-10(14)8-15-16-11-5-3-4-6-12-11;1-6(2)5-9-7(10)3-4-8(9)11/h3-10,12H,11H2,1-2H3,(H,18,19);3-9H,1-2H3;3-6,9H,7-8H2,1-2H3,(H,13,14);3-4,6H,5H2,1-2H3. The SMILES string of the molecule is CC(C)CN1C(=O)C=CC1=O.CC(C)CNC(=O)CSSc1ccccn1.CC(C)c1ccc(N2C(=O)C=CC2=O)cc1.CC(C)c1ccc(NC(=O)CSSc2ccccn2)cc1. The van der Waals surface area contributed by atoms with E-state index < -0.39 is 0 Å². The lowest BCUT2D eigenvalue weighted by Gasteiger charge is -2.15. The average molecular weight is 943 g/mol. The highest BCUT2D eigenvalue weighted by Gasteiger charge is 2.25. The lowest BCUT2D eigenvalue weighted by atomic mass is 10.0. The van der Waals surface area contributed by atoms with Crippen LogP contribution in [0.1, 0.15) is 78.4 Å². The first kappa shape index (κ1) is 53.2. The minimum absolute atomic E-state index is 0.000674. The van der Waals surface area contributed by atoms with E-state index in [1.165, 1.54) is 88.4 Å². The molecular weight excluding hydrogens is 885 g/mol. The summed E-state index contributed by atoms with van der Waals surface area (Å²) < 4.78 is 0. The molecular formula is C48H58N6O6S4. The van der Waals surface area contributed by atoms with Crippen molar-refractivity contribution in [1.82, 2.24) is 20.2 Å². The highest BCUT2D eigenvalue weighted by atomic mass is 33.1. The third kappa shape index (κ3) is 20.1. The molecule has 6 amide bonds. The van der Waals surface area contributed by atoms with Gasteiger partial charge in [0.2, 0.25) is 11.8 Å². The second-order valence-corrected chi connectivity index (χ2v) is 20.3. The van der Waals surface area contributed by atoms with E-state index in [0.29, 0.717) is 47.4 Å². The minimum atomic E-state index is -0.276. The molecule has 16 heteroatoms. The molecule has 0 saturated carbocycles. The quantitative estimate of drug-likeness (QED) is 0.0810. The summed E-state index contributed by atoms with van der Waals surface area (Å²) in [6.07, 6.45) is 8.70. The number of benzene rings is 2. The second kappa shape index (κ2) is 28.6. The molecule has 0 saturated heterocycles. The van der Waals surface area contributed by atoms with Crippen LogP contribution < -0.4 is 15.5 Å². The monoisotopic (exact) mass is 942 g/mol. The summed E-state index contributed by atoms with van der Waals surface area (Å²) in [6.45, 7) is 17.9. The van der Waals surface area contributed by atoms with Gasteiger partial charge in [-0.05, 0) is 105 Å². The van der Waals surface area contributed by atoms with Gasteiger partial charge in [0.1, 0.15) is 10.1 Å². The van der Waals surface area contributed by atoms with Crippen molar-refractivity contribution in [2.45, 2.75) is 77.3 Å². The molecule has 0 atom stereocenters. The molecule has 340 valence electrons. The molecule has 2 aliphatic heterocycles. The van der Waals surface area contributed by atoms with E-state index in [9.17, 15) is 28.8 Å². The van der Waals surface area contributed by atoms with Gasteiger partial charge in [-0.1, -0.05) is 113 Å². The van der Waals surface area contributed by atoms with Crippen LogP contribution in [-0.2, 0) is 28.8 Å². The molecule has 0 fully saturated rings. The molecule has 2 aromatic carbocycles. The van der Waals surface area contributed by atoms with Gasteiger partial charge in [-0.3, -0.25) is 33.7 Å². The summed E-state index contributed by atoms with van der Waals surface area (Å²) in [5, 5.41) is 7.62. The Kier molecular flexibility index (Phi) is 23.8. The molecule has 0 radical (unpaired) electrons. The van der Waals surface area contributed by atoms with Gasteiger partial charge in [0.05, 0.1) is 17.2 Å². The van der Waals surface area contributed by atoms with Crippen molar-refractivity contribution in [3.63, 3.8) is 0 Å². The summed E-state index contributed by atoms with van der Waals surface area (Å²) in [4.78, 5) is 78.7. The van der Waals surface area contributed by atoms with E-state index in [1.54, 1.807) is 24.5 Å². The first-order valence-corrected chi connectivity index (χ1v) is 25.4. The zero-order valence-electron chi connectivity index (χ0n) is 37.6. The van der Waals surface area contributed by atoms with Crippen LogP contribution in [0.4, 0.5) is 11.4 Å². The fourth-order valence-electron chi connectivity index (χ4n) is 5.24. The molecule has 2 aliphatic rings. The van der Waals surface area contributed by atoms with Crippen LogP contribution in [0, 0.1) is 11.8 Å². The Labute approximate surface area is 393 Å². The van der Waals surface area contributed by atoms with Crippen LogP contribution in [0.3, 0.4) is 0 Å². The molecule has 12 nitrogen and oxygen atoms in total. The van der Waals surface area contributed by atoms with Crippen molar-refractivity contribution in [2.24, 2.45) is 11.8 Å². The van der Waals surface area contributed by atoms with Crippen LogP contribution in [0.25, 0.3) is 0 Å². The van der Waals surface area contributed by atoms with Crippen molar-refractivity contribution in [2.75, 3.05) is 34.8 Å². The number of anilines is 2. The maximum Gasteiger partial charge on any atom is 0.258 e.